The average molecular weight is 304 g/mol. The van der Waals surface area contributed by atoms with Crippen LogP contribution in [0.5, 0.6) is 0 Å². The Morgan fingerprint density at radius 2 is 2.10 bits per heavy atom. The molecule has 2 heterocycles. The van der Waals surface area contributed by atoms with E-state index < -0.39 is 29.2 Å². The first-order valence-electron chi connectivity index (χ1n) is 5.91. The van der Waals surface area contributed by atoms with Gasteiger partial charge >= 0.3 is 12.1 Å². The molecule has 0 aliphatic carbocycles. The van der Waals surface area contributed by atoms with Gasteiger partial charge in [-0.3, -0.25) is 9.78 Å². The van der Waals surface area contributed by atoms with Crippen LogP contribution in [0.25, 0.3) is 0 Å². The molecule has 2 N–H and O–H groups in total. The smallest absolute Gasteiger partial charge is 0.417 e. The van der Waals surface area contributed by atoms with E-state index in [0.717, 1.165) is 6.07 Å². The van der Waals surface area contributed by atoms with E-state index >= 15 is 0 Å². The Hall–Kier alpha value is -2.16. The number of hydrogen-bond acceptors (Lipinski definition) is 4. The zero-order valence-electron chi connectivity index (χ0n) is 10.6. The molecule has 1 aromatic rings. The minimum absolute atomic E-state index is 0.0781. The number of halogens is 3. The van der Waals surface area contributed by atoms with Crippen molar-refractivity contribution in [3.8, 4) is 0 Å². The van der Waals surface area contributed by atoms with Crippen molar-refractivity contribution in [1.29, 1.82) is 0 Å². The van der Waals surface area contributed by atoms with E-state index in [-0.39, 0.29) is 25.3 Å². The fourth-order valence-electron chi connectivity index (χ4n) is 1.86. The summed E-state index contributed by atoms with van der Waals surface area (Å²) in [6.07, 6.45) is -3.95. The lowest BCUT2D eigenvalue weighted by Crippen LogP contribution is -2.55. The minimum atomic E-state index is -4.55. The molecule has 1 aliphatic heterocycles. The van der Waals surface area contributed by atoms with Crippen LogP contribution in [0.4, 0.5) is 13.2 Å². The van der Waals surface area contributed by atoms with Crippen LogP contribution < -0.4 is 5.32 Å². The maximum Gasteiger partial charge on any atom is 0.417 e. The highest BCUT2D eigenvalue weighted by atomic mass is 19.4. The molecule has 21 heavy (non-hydrogen) atoms. The SMILES string of the molecule is O=C(NC1(C(=O)O)CCOC1)c1ccc(C(F)(F)F)cn1. The third-order valence-corrected chi connectivity index (χ3v) is 3.11. The van der Waals surface area contributed by atoms with E-state index in [4.69, 9.17) is 9.84 Å². The van der Waals surface area contributed by atoms with E-state index in [1.165, 1.54) is 0 Å². The number of pyridine rings is 1. The molecule has 0 spiro atoms. The van der Waals surface area contributed by atoms with E-state index in [9.17, 15) is 22.8 Å². The molecule has 1 unspecified atom stereocenters. The Morgan fingerprint density at radius 1 is 1.38 bits per heavy atom. The quantitative estimate of drug-likeness (QED) is 0.872. The summed E-state index contributed by atoms with van der Waals surface area (Å²) < 4.78 is 42.1. The molecule has 0 saturated carbocycles. The van der Waals surface area contributed by atoms with E-state index in [0.29, 0.717) is 12.3 Å². The average Bonchev–Trinajstić information content (AvgIpc) is 2.88. The van der Waals surface area contributed by atoms with Crippen LogP contribution in [0, 0.1) is 0 Å². The molecule has 1 aliphatic rings. The highest BCUT2D eigenvalue weighted by Gasteiger charge is 2.44. The first-order valence-corrected chi connectivity index (χ1v) is 5.91. The molecule has 1 amide bonds. The Morgan fingerprint density at radius 3 is 2.52 bits per heavy atom. The van der Waals surface area contributed by atoms with Crippen molar-refractivity contribution in [3.05, 3.63) is 29.6 Å². The van der Waals surface area contributed by atoms with Gasteiger partial charge in [-0.1, -0.05) is 0 Å². The number of carbonyl (C=O) groups excluding carboxylic acids is 1. The topological polar surface area (TPSA) is 88.5 Å². The summed E-state index contributed by atoms with van der Waals surface area (Å²) in [6.45, 7) is -0.0261. The molecule has 0 bridgehead atoms. The third kappa shape index (κ3) is 3.13. The van der Waals surface area contributed by atoms with Crippen LogP contribution in [0.15, 0.2) is 18.3 Å². The monoisotopic (exact) mass is 304 g/mol. The second kappa shape index (κ2) is 5.32. The predicted octanol–water partition coefficient (Wildman–Crippen LogP) is 1.07. The summed E-state index contributed by atoms with van der Waals surface area (Å²) in [6, 6.07) is 1.60. The molecule has 1 aromatic heterocycles. The van der Waals surface area contributed by atoms with Crippen molar-refractivity contribution in [3.63, 3.8) is 0 Å². The predicted molar refractivity (Wildman–Crippen MR) is 62.5 cm³/mol. The highest BCUT2D eigenvalue weighted by Crippen LogP contribution is 2.28. The Balaban J connectivity index is 2.15. The van der Waals surface area contributed by atoms with Crippen LogP contribution in [0.3, 0.4) is 0 Å². The highest BCUT2D eigenvalue weighted by molar-refractivity contribution is 5.96. The van der Waals surface area contributed by atoms with Crippen LogP contribution in [0.1, 0.15) is 22.5 Å². The summed E-state index contributed by atoms with van der Waals surface area (Å²) >= 11 is 0. The Kier molecular flexibility index (Phi) is 3.86. The lowest BCUT2D eigenvalue weighted by molar-refractivity contribution is -0.144. The number of aromatic nitrogens is 1. The first-order chi connectivity index (χ1) is 9.74. The number of carboxylic acids is 1. The third-order valence-electron chi connectivity index (χ3n) is 3.11. The number of rotatable bonds is 3. The summed E-state index contributed by atoms with van der Waals surface area (Å²) in [5.74, 6) is -2.13. The second-order valence-corrected chi connectivity index (χ2v) is 4.57. The number of hydrogen-bond donors (Lipinski definition) is 2. The number of alkyl halides is 3. The van der Waals surface area contributed by atoms with Gasteiger partial charge in [0.05, 0.1) is 12.2 Å². The van der Waals surface area contributed by atoms with Crippen LogP contribution in [-0.4, -0.2) is 40.7 Å². The zero-order chi connectivity index (χ0) is 15.7. The maximum atomic E-state index is 12.4. The van der Waals surface area contributed by atoms with Gasteiger partial charge in [-0.05, 0) is 12.1 Å². The fraction of sp³-hybridized carbons (Fsp3) is 0.417. The van der Waals surface area contributed by atoms with Gasteiger partial charge in [0.1, 0.15) is 5.69 Å². The van der Waals surface area contributed by atoms with Crippen LogP contribution in [0.2, 0.25) is 0 Å². The Labute approximate surface area is 116 Å². The fourth-order valence-corrected chi connectivity index (χ4v) is 1.86. The molecule has 1 fully saturated rings. The van der Waals surface area contributed by atoms with Crippen molar-refractivity contribution in [1.82, 2.24) is 10.3 Å². The number of aliphatic carboxylic acids is 1. The molecule has 1 atom stereocenters. The van der Waals surface area contributed by atoms with Crippen molar-refractivity contribution in [2.24, 2.45) is 0 Å². The van der Waals surface area contributed by atoms with Crippen LogP contribution >= 0.6 is 0 Å². The number of ether oxygens (including phenoxy) is 1. The molecule has 1 saturated heterocycles. The lowest BCUT2D eigenvalue weighted by atomic mass is 9.99. The summed E-state index contributed by atoms with van der Waals surface area (Å²) in [5.41, 5.74) is -2.85. The maximum absolute atomic E-state index is 12.4. The Bertz CT molecular complexity index is 551. The molecule has 0 aromatic carbocycles. The van der Waals surface area contributed by atoms with Gasteiger partial charge in [0.2, 0.25) is 0 Å². The van der Waals surface area contributed by atoms with Gasteiger partial charge in [0.25, 0.3) is 5.91 Å². The van der Waals surface area contributed by atoms with Crippen molar-refractivity contribution in [2.45, 2.75) is 18.1 Å². The van der Waals surface area contributed by atoms with Gasteiger partial charge in [-0.15, -0.1) is 0 Å². The van der Waals surface area contributed by atoms with Gasteiger partial charge in [0.15, 0.2) is 5.54 Å². The van der Waals surface area contributed by atoms with Crippen molar-refractivity contribution >= 4 is 11.9 Å². The van der Waals surface area contributed by atoms with Crippen molar-refractivity contribution in [2.75, 3.05) is 13.2 Å². The van der Waals surface area contributed by atoms with E-state index in [2.05, 4.69) is 10.3 Å². The number of nitrogens with zero attached hydrogens (tertiary/aromatic N) is 1. The number of carboxylic acid groups (broad SMARTS) is 1. The molecule has 0 radical (unpaired) electrons. The first kappa shape index (κ1) is 15.2. The molecule has 6 nitrogen and oxygen atoms in total. The minimum Gasteiger partial charge on any atom is -0.479 e. The summed E-state index contributed by atoms with van der Waals surface area (Å²) in [4.78, 5) is 26.5. The van der Waals surface area contributed by atoms with E-state index in [1.807, 2.05) is 0 Å². The molecular weight excluding hydrogens is 293 g/mol. The normalized spacial score (nSPS) is 22.0. The van der Waals surface area contributed by atoms with Gasteiger partial charge in [0, 0.05) is 19.2 Å². The lowest BCUT2D eigenvalue weighted by Gasteiger charge is -2.23. The summed E-state index contributed by atoms with van der Waals surface area (Å²) in [7, 11) is 0. The number of nitrogens with one attached hydrogen (secondary N) is 1. The van der Waals surface area contributed by atoms with Gasteiger partial charge in [-0.25, -0.2) is 4.79 Å². The van der Waals surface area contributed by atoms with Crippen molar-refractivity contribution < 1.29 is 32.6 Å². The molecular formula is C12H11F3N2O4. The van der Waals surface area contributed by atoms with Gasteiger partial charge < -0.3 is 15.2 Å². The molecule has 2 rings (SSSR count). The number of amides is 1. The van der Waals surface area contributed by atoms with Crippen LogP contribution in [-0.2, 0) is 15.7 Å². The molecule has 114 valence electrons. The molecule has 9 heteroatoms. The van der Waals surface area contributed by atoms with Gasteiger partial charge in [-0.2, -0.15) is 13.2 Å². The largest absolute Gasteiger partial charge is 0.479 e. The standard InChI is InChI=1S/C12H11F3N2O4/c13-12(14,15)7-1-2-8(16-5-7)9(18)17-11(10(19)20)3-4-21-6-11/h1-2,5H,3-4,6H2,(H,17,18)(H,19,20). The second-order valence-electron chi connectivity index (χ2n) is 4.57. The zero-order valence-corrected chi connectivity index (χ0v) is 10.6. The summed E-state index contributed by atoms with van der Waals surface area (Å²) in [5, 5.41) is 11.4. The van der Waals surface area contributed by atoms with E-state index in [1.54, 1.807) is 0 Å². The number of carbonyl (C=O) groups is 2.